The molecular formula is C14H25N3O. The largest absolute Gasteiger partial charge is 0.339 e. The second-order valence-corrected chi connectivity index (χ2v) is 6.49. The van der Waals surface area contributed by atoms with E-state index in [1.807, 2.05) is 7.05 Å². The Balaban J connectivity index is 1.92. The van der Waals surface area contributed by atoms with Crippen LogP contribution in [0.25, 0.3) is 0 Å². The highest BCUT2D eigenvalue weighted by Gasteiger charge is 2.32. The van der Waals surface area contributed by atoms with Gasteiger partial charge in [0, 0.05) is 5.92 Å². The number of hydrogen-bond donors (Lipinski definition) is 1. The monoisotopic (exact) mass is 251 g/mol. The predicted molar refractivity (Wildman–Crippen MR) is 71.2 cm³/mol. The van der Waals surface area contributed by atoms with Gasteiger partial charge < -0.3 is 9.84 Å². The molecule has 0 saturated heterocycles. The smallest absolute Gasteiger partial charge is 0.229 e. The Morgan fingerprint density at radius 2 is 1.89 bits per heavy atom. The van der Waals surface area contributed by atoms with Gasteiger partial charge in [-0.05, 0) is 44.1 Å². The van der Waals surface area contributed by atoms with Gasteiger partial charge in [-0.3, -0.25) is 0 Å². The van der Waals surface area contributed by atoms with Gasteiger partial charge in [0.2, 0.25) is 5.89 Å². The van der Waals surface area contributed by atoms with E-state index in [9.17, 15) is 0 Å². The van der Waals surface area contributed by atoms with Crippen LogP contribution in [0.2, 0.25) is 0 Å². The molecule has 102 valence electrons. The third-order valence-corrected chi connectivity index (χ3v) is 4.12. The van der Waals surface area contributed by atoms with Crippen molar-refractivity contribution < 1.29 is 4.52 Å². The summed E-state index contributed by atoms with van der Waals surface area (Å²) in [5.41, 5.74) is 0.428. The van der Waals surface area contributed by atoms with E-state index < -0.39 is 0 Å². The van der Waals surface area contributed by atoms with Crippen molar-refractivity contribution in [1.82, 2.24) is 15.5 Å². The van der Waals surface area contributed by atoms with Crippen LogP contribution >= 0.6 is 0 Å². The Morgan fingerprint density at radius 3 is 2.44 bits per heavy atom. The fourth-order valence-corrected chi connectivity index (χ4v) is 2.87. The van der Waals surface area contributed by atoms with E-state index >= 15 is 0 Å². The molecule has 1 aromatic rings. The summed E-state index contributed by atoms with van der Waals surface area (Å²) in [6.07, 6.45) is 4.92. The molecule has 1 aromatic heterocycles. The lowest BCUT2D eigenvalue weighted by Gasteiger charge is -2.35. The zero-order valence-electron chi connectivity index (χ0n) is 12.0. The van der Waals surface area contributed by atoms with Crippen LogP contribution in [0.4, 0.5) is 0 Å². The minimum Gasteiger partial charge on any atom is -0.339 e. The molecule has 0 amide bonds. The third-order valence-electron chi connectivity index (χ3n) is 4.12. The van der Waals surface area contributed by atoms with Crippen molar-refractivity contribution in [2.24, 2.45) is 11.3 Å². The lowest BCUT2D eigenvalue weighted by atomic mass is 9.70. The molecule has 0 unspecified atom stereocenters. The van der Waals surface area contributed by atoms with Crippen LogP contribution in [-0.2, 0) is 6.54 Å². The molecule has 1 N–H and O–H groups in total. The minimum absolute atomic E-state index is 0.428. The van der Waals surface area contributed by atoms with Crippen LogP contribution in [-0.4, -0.2) is 17.2 Å². The lowest BCUT2D eigenvalue weighted by molar-refractivity contribution is 0.159. The van der Waals surface area contributed by atoms with E-state index in [-0.39, 0.29) is 0 Å². The van der Waals surface area contributed by atoms with Crippen molar-refractivity contribution in [3.05, 3.63) is 11.7 Å². The van der Waals surface area contributed by atoms with Crippen LogP contribution in [0, 0.1) is 11.3 Å². The van der Waals surface area contributed by atoms with Crippen molar-refractivity contribution >= 4 is 0 Å². The average molecular weight is 251 g/mol. The molecular weight excluding hydrogens is 226 g/mol. The highest BCUT2D eigenvalue weighted by Crippen LogP contribution is 2.42. The van der Waals surface area contributed by atoms with Gasteiger partial charge in [-0.15, -0.1) is 0 Å². The Morgan fingerprint density at radius 1 is 1.22 bits per heavy atom. The van der Waals surface area contributed by atoms with Gasteiger partial charge in [0.25, 0.3) is 0 Å². The molecule has 0 aromatic carbocycles. The molecule has 1 aliphatic carbocycles. The van der Waals surface area contributed by atoms with E-state index in [0.29, 0.717) is 17.9 Å². The maximum Gasteiger partial charge on any atom is 0.229 e. The normalized spacial score (nSPS) is 25.3. The molecule has 4 heteroatoms. The SMILES string of the molecule is CNCc1noc(C2CCC(C(C)(C)C)CC2)n1. The standard InChI is InChI=1S/C14H25N3O/c1-14(2,3)11-7-5-10(6-8-11)13-16-12(9-15-4)17-18-13/h10-11,15H,5-9H2,1-4H3. The lowest BCUT2D eigenvalue weighted by Crippen LogP contribution is -2.25. The maximum atomic E-state index is 5.38. The van der Waals surface area contributed by atoms with Crippen LogP contribution < -0.4 is 5.32 Å². The van der Waals surface area contributed by atoms with Crippen LogP contribution in [0.3, 0.4) is 0 Å². The first-order valence-corrected chi connectivity index (χ1v) is 6.97. The Labute approximate surface area is 110 Å². The molecule has 0 aliphatic heterocycles. The van der Waals surface area contributed by atoms with Gasteiger partial charge in [0.05, 0.1) is 6.54 Å². The van der Waals surface area contributed by atoms with E-state index in [1.54, 1.807) is 0 Å². The molecule has 18 heavy (non-hydrogen) atoms. The number of nitrogens with one attached hydrogen (secondary N) is 1. The molecule has 1 heterocycles. The van der Waals surface area contributed by atoms with Crippen molar-refractivity contribution in [3.8, 4) is 0 Å². The van der Waals surface area contributed by atoms with E-state index in [0.717, 1.165) is 17.6 Å². The topological polar surface area (TPSA) is 51.0 Å². The summed E-state index contributed by atoms with van der Waals surface area (Å²) in [5.74, 6) is 2.91. The summed E-state index contributed by atoms with van der Waals surface area (Å²) in [4.78, 5) is 4.47. The van der Waals surface area contributed by atoms with Crippen LogP contribution in [0.15, 0.2) is 4.52 Å². The van der Waals surface area contributed by atoms with E-state index in [4.69, 9.17) is 4.52 Å². The molecule has 1 fully saturated rings. The fraction of sp³-hybridized carbons (Fsp3) is 0.857. The number of rotatable bonds is 3. The third kappa shape index (κ3) is 3.10. The van der Waals surface area contributed by atoms with Crippen LogP contribution in [0.5, 0.6) is 0 Å². The summed E-state index contributed by atoms with van der Waals surface area (Å²) in [7, 11) is 1.89. The van der Waals surface area contributed by atoms with Crippen molar-refractivity contribution in [2.45, 2.75) is 58.9 Å². The number of aromatic nitrogens is 2. The highest BCUT2D eigenvalue weighted by atomic mass is 16.5. The molecule has 0 spiro atoms. The van der Waals surface area contributed by atoms with Gasteiger partial charge in [-0.25, -0.2) is 0 Å². The van der Waals surface area contributed by atoms with Gasteiger partial charge in [-0.1, -0.05) is 25.9 Å². The van der Waals surface area contributed by atoms with Gasteiger partial charge in [0.15, 0.2) is 5.82 Å². The number of hydrogen-bond acceptors (Lipinski definition) is 4. The Kier molecular flexibility index (Phi) is 4.05. The molecule has 0 radical (unpaired) electrons. The van der Waals surface area contributed by atoms with Crippen molar-refractivity contribution in [1.29, 1.82) is 0 Å². The zero-order chi connectivity index (χ0) is 13.2. The molecule has 0 atom stereocenters. The van der Waals surface area contributed by atoms with Gasteiger partial charge in [0.1, 0.15) is 0 Å². The zero-order valence-corrected chi connectivity index (χ0v) is 12.0. The fourth-order valence-electron chi connectivity index (χ4n) is 2.87. The van der Waals surface area contributed by atoms with Gasteiger partial charge in [-0.2, -0.15) is 4.98 Å². The summed E-state index contributed by atoms with van der Waals surface area (Å²) in [5, 5.41) is 7.04. The first-order chi connectivity index (χ1) is 8.50. The molecule has 1 aliphatic rings. The second-order valence-electron chi connectivity index (χ2n) is 6.49. The van der Waals surface area contributed by atoms with E-state index in [2.05, 4.69) is 36.2 Å². The van der Waals surface area contributed by atoms with Crippen LogP contribution in [0.1, 0.15) is 64.1 Å². The summed E-state index contributed by atoms with van der Waals surface area (Å²) >= 11 is 0. The van der Waals surface area contributed by atoms with Crippen molar-refractivity contribution in [2.75, 3.05) is 7.05 Å². The minimum atomic E-state index is 0.428. The summed E-state index contributed by atoms with van der Waals surface area (Å²) in [6.45, 7) is 7.71. The molecule has 2 rings (SSSR count). The summed E-state index contributed by atoms with van der Waals surface area (Å²) in [6, 6.07) is 0. The summed E-state index contributed by atoms with van der Waals surface area (Å²) < 4.78 is 5.38. The second kappa shape index (κ2) is 5.39. The highest BCUT2D eigenvalue weighted by molar-refractivity contribution is 4.97. The average Bonchev–Trinajstić information content (AvgIpc) is 2.77. The number of nitrogens with zero attached hydrogens (tertiary/aromatic N) is 2. The predicted octanol–water partition coefficient (Wildman–Crippen LogP) is 3.11. The van der Waals surface area contributed by atoms with Crippen molar-refractivity contribution in [3.63, 3.8) is 0 Å². The Bertz CT molecular complexity index is 373. The molecule has 0 bridgehead atoms. The maximum absolute atomic E-state index is 5.38. The van der Waals surface area contributed by atoms with E-state index in [1.165, 1.54) is 25.7 Å². The quantitative estimate of drug-likeness (QED) is 0.896. The first-order valence-electron chi connectivity index (χ1n) is 6.97. The first kappa shape index (κ1) is 13.5. The molecule has 1 saturated carbocycles. The Hall–Kier alpha value is -0.900. The van der Waals surface area contributed by atoms with Gasteiger partial charge >= 0.3 is 0 Å². The molecule has 4 nitrogen and oxygen atoms in total.